The van der Waals surface area contributed by atoms with E-state index in [1.54, 1.807) is 0 Å². The summed E-state index contributed by atoms with van der Waals surface area (Å²) in [6.07, 6.45) is 0. The Bertz CT molecular complexity index is 1210. The zero-order chi connectivity index (χ0) is 20.4. The molecule has 0 fully saturated rings. The van der Waals surface area contributed by atoms with Crippen molar-refractivity contribution in [3.63, 3.8) is 0 Å². The maximum absolute atomic E-state index is 12.0. The Kier molecular flexibility index (Phi) is 5.18. The number of ether oxygens (including phenoxy) is 1. The second-order valence-corrected chi connectivity index (χ2v) is 7.20. The number of hydrogen-bond acceptors (Lipinski definition) is 4. The summed E-state index contributed by atoms with van der Waals surface area (Å²) in [7, 11) is 0. The van der Waals surface area contributed by atoms with E-state index in [2.05, 4.69) is 22.4 Å². The SMILES string of the molecule is Cc1ccc(OCc2c(C)cccc2-n2nn[nH]c2=O)cc1-c1ccc(Cl)cc1. The van der Waals surface area contributed by atoms with Gasteiger partial charge in [-0.1, -0.05) is 41.9 Å². The van der Waals surface area contributed by atoms with Gasteiger partial charge in [0.1, 0.15) is 12.4 Å². The molecule has 0 saturated carbocycles. The van der Waals surface area contributed by atoms with Crippen LogP contribution in [0.5, 0.6) is 5.75 Å². The molecule has 6 nitrogen and oxygen atoms in total. The monoisotopic (exact) mass is 406 g/mol. The van der Waals surface area contributed by atoms with Crippen molar-refractivity contribution in [2.75, 3.05) is 0 Å². The number of nitrogens with zero attached hydrogens (tertiary/aromatic N) is 3. The van der Waals surface area contributed by atoms with Crippen LogP contribution < -0.4 is 10.4 Å². The van der Waals surface area contributed by atoms with Gasteiger partial charge in [0.05, 0.1) is 5.69 Å². The van der Waals surface area contributed by atoms with E-state index in [9.17, 15) is 4.79 Å². The molecule has 0 spiro atoms. The first-order chi connectivity index (χ1) is 14.0. The lowest BCUT2D eigenvalue weighted by molar-refractivity contribution is 0.305. The zero-order valence-corrected chi connectivity index (χ0v) is 16.8. The van der Waals surface area contributed by atoms with E-state index in [-0.39, 0.29) is 0 Å². The first kappa shape index (κ1) is 19.0. The van der Waals surface area contributed by atoms with Gasteiger partial charge in [-0.3, -0.25) is 0 Å². The number of halogens is 1. The van der Waals surface area contributed by atoms with Gasteiger partial charge >= 0.3 is 5.69 Å². The molecule has 146 valence electrons. The normalized spacial score (nSPS) is 10.9. The van der Waals surface area contributed by atoms with E-state index in [0.29, 0.717) is 17.3 Å². The molecular weight excluding hydrogens is 388 g/mol. The maximum Gasteiger partial charge on any atom is 0.365 e. The van der Waals surface area contributed by atoms with Crippen molar-refractivity contribution >= 4 is 11.6 Å². The van der Waals surface area contributed by atoms with Gasteiger partial charge in [0.2, 0.25) is 0 Å². The molecule has 0 unspecified atom stereocenters. The van der Waals surface area contributed by atoms with Gasteiger partial charge < -0.3 is 4.74 Å². The molecule has 3 aromatic carbocycles. The molecule has 0 aliphatic rings. The van der Waals surface area contributed by atoms with Crippen LogP contribution in [0.1, 0.15) is 16.7 Å². The Morgan fingerprint density at radius 1 is 1.03 bits per heavy atom. The molecule has 0 aliphatic carbocycles. The quantitative estimate of drug-likeness (QED) is 0.530. The average molecular weight is 407 g/mol. The van der Waals surface area contributed by atoms with Gasteiger partial charge in [-0.15, -0.1) is 0 Å². The van der Waals surface area contributed by atoms with Gasteiger partial charge in [0.15, 0.2) is 0 Å². The third-order valence-corrected chi connectivity index (χ3v) is 5.09. The molecule has 1 N–H and O–H groups in total. The van der Waals surface area contributed by atoms with Crippen molar-refractivity contribution in [3.05, 3.63) is 92.9 Å². The minimum atomic E-state index is -0.391. The summed E-state index contributed by atoms with van der Waals surface area (Å²) < 4.78 is 7.33. The van der Waals surface area contributed by atoms with Crippen LogP contribution in [-0.4, -0.2) is 20.2 Å². The lowest BCUT2D eigenvalue weighted by Crippen LogP contribution is -2.18. The molecule has 1 heterocycles. The van der Waals surface area contributed by atoms with E-state index in [1.165, 1.54) is 4.68 Å². The Balaban J connectivity index is 1.64. The van der Waals surface area contributed by atoms with Crippen molar-refractivity contribution in [1.82, 2.24) is 20.2 Å². The van der Waals surface area contributed by atoms with Crippen LogP contribution in [0.25, 0.3) is 16.8 Å². The van der Waals surface area contributed by atoms with Crippen molar-refractivity contribution in [2.45, 2.75) is 20.5 Å². The summed E-state index contributed by atoms with van der Waals surface area (Å²) in [6.45, 7) is 4.33. The molecule has 29 heavy (non-hydrogen) atoms. The minimum Gasteiger partial charge on any atom is -0.489 e. The number of rotatable bonds is 5. The van der Waals surface area contributed by atoms with E-state index >= 15 is 0 Å². The largest absolute Gasteiger partial charge is 0.489 e. The van der Waals surface area contributed by atoms with Crippen LogP contribution >= 0.6 is 11.6 Å². The molecule has 4 rings (SSSR count). The number of benzene rings is 3. The fourth-order valence-corrected chi connectivity index (χ4v) is 3.34. The Morgan fingerprint density at radius 2 is 1.83 bits per heavy atom. The highest BCUT2D eigenvalue weighted by Crippen LogP contribution is 2.29. The standard InChI is InChI=1S/C22H19ClN4O2/c1-14-4-3-5-21(27-22(28)24-25-26-27)20(14)13-29-18-11-6-15(2)19(12-18)16-7-9-17(23)10-8-16/h3-12H,13H2,1-2H3,(H,24,26,28). The van der Waals surface area contributed by atoms with Gasteiger partial charge in [0, 0.05) is 10.6 Å². The topological polar surface area (TPSA) is 72.8 Å². The Hall–Kier alpha value is -3.38. The zero-order valence-electron chi connectivity index (χ0n) is 16.0. The van der Waals surface area contributed by atoms with Crippen molar-refractivity contribution in [2.24, 2.45) is 0 Å². The number of aromatic amines is 1. The van der Waals surface area contributed by atoms with Crippen LogP contribution in [0.3, 0.4) is 0 Å². The number of tetrazole rings is 1. The van der Waals surface area contributed by atoms with E-state index in [0.717, 1.165) is 33.6 Å². The fourth-order valence-electron chi connectivity index (χ4n) is 3.22. The summed E-state index contributed by atoms with van der Waals surface area (Å²) in [4.78, 5) is 12.0. The summed E-state index contributed by atoms with van der Waals surface area (Å²) in [5, 5.41) is 10.4. The molecule has 0 bridgehead atoms. The van der Waals surface area contributed by atoms with Gasteiger partial charge in [-0.25, -0.2) is 9.89 Å². The van der Waals surface area contributed by atoms with E-state index < -0.39 is 5.69 Å². The lowest BCUT2D eigenvalue weighted by atomic mass is 10.0. The summed E-state index contributed by atoms with van der Waals surface area (Å²) in [5.74, 6) is 0.738. The molecule has 0 saturated heterocycles. The van der Waals surface area contributed by atoms with E-state index in [1.807, 2.05) is 67.6 Å². The van der Waals surface area contributed by atoms with Crippen molar-refractivity contribution in [3.8, 4) is 22.6 Å². The van der Waals surface area contributed by atoms with Gasteiger partial charge in [-0.05, 0) is 76.9 Å². The molecule has 1 aromatic heterocycles. The lowest BCUT2D eigenvalue weighted by Gasteiger charge is -2.14. The van der Waals surface area contributed by atoms with E-state index in [4.69, 9.17) is 16.3 Å². The number of aryl methyl sites for hydroxylation is 2. The van der Waals surface area contributed by atoms with Crippen molar-refractivity contribution < 1.29 is 4.74 Å². The summed E-state index contributed by atoms with van der Waals surface area (Å²) in [5.41, 5.74) is 5.43. The third kappa shape index (κ3) is 3.93. The van der Waals surface area contributed by atoms with Crippen LogP contribution in [0, 0.1) is 13.8 Å². The fraction of sp³-hybridized carbons (Fsp3) is 0.136. The summed E-state index contributed by atoms with van der Waals surface area (Å²) >= 11 is 6.01. The van der Waals surface area contributed by atoms with Gasteiger partial charge in [0.25, 0.3) is 0 Å². The predicted octanol–water partition coefficient (Wildman–Crippen LogP) is 4.47. The molecular formula is C22H19ClN4O2. The first-order valence-electron chi connectivity index (χ1n) is 9.11. The summed E-state index contributed by atoms with van der Waals surface area (Å²) in [6, 6.07) is 19.4. The minimum absolute atomic E-state index is 0.296. The second-order valence-electron chi connectivity index (χ2n) is 6.76. The second kappa shape index (κ2) is 7.93. The highest BCUT2D eigenvalue weighted by atomic mass is 35.5. The Morgan fingerprint density at radius 3 is 2.55 bits per heavy atom. The van der Waals surface area contributed by atoms with Crippen LogP contribution in [0.2, 0.25) is 5.02 Å². The average Bonchev–Trinajstić information content (AvgIpc) is 3.14. The number of hydrogen-bond donors (Lipinski definition) is 1. The first-order valence-corrected chi connectivity index (χ1v) is 9.49. The van der Waals surface area contributed by atoms with Crippen LogP contribution in [0.4, 0.5) is 0 Å². The van der Waals surface area contributed by atoms with Gasteiger partial charge in [-0.2, -0.15) is 4.68 Å². The predicted molar refractivity (Wildman–Crippen MR) is 113 cm³/mol. The number of H-pyrrole nitrogens is 1. The molecule has 0 amide bonds. The highest BCUT2D eigenvalue weighted by Gasteiger charge is 2.13. The van der Waals surface area contributed by atoms with Crippen LogP contribution in [-0.2, 0) is 6.61 Å². The highest BCUT2D eigenvalue weighted by molar-refractivity contribution is 6.30. The Labute approximate surface area is 172 Å². The number of aromatic nitrogens is 4. The number of nitrogens with one attached hydrogen (secondary N) is 1. The molecule has 0 atom stereocenters. The molecule has 7 heteroatoms. The van der Waals surface area contributed by atoms with Crippen molar-refractivity contribution in [1.29, 1.82) is 0 Å². The maximum atomic E-state index is 12.0. The third-order valence-electron chi connectivity index (χ3n) is 4.83. The smallest absolute Gasteiger partial charge is 0.365 e. The molecule has 0 aliphatic heterocycles. The molecule has 4 aromatic rings. The molecule has 0 radical (unpaired) electrons. The van der Waals surface area contributed by atoms with Crippen LogP contribution in [0.15, 0.2) is 65.5 Å².